The molecule has 0 bridgehead atoms. The first-order valence-electron chi connectivity index (χ1n) is 5.06. The van der Waals surface area contributed by atoms with Crippen LogP contribution in [0, 0.1) is 22.0 Å². The lowest BCUT2D eigenvalue weighted by molar-refractivity contribution is -0.385. The summed E-state index contributed by atoms with van der Waals surface area (Å²) in [5.74, 6) is 3.87. The van der Waals surface area contributed by atoms with Gasteiger partial charge in [-0.15, -0.1) is 0 Å². The van der Waals surface area contributed by atoms with E-state index in [4.69, 9.17) is 5.11 Å². The molecule has 7 heteroatoms. The number of aromatic carboxylic acids is 1. The lowest BCUT2D eigenvalue weighted by Gasteiger charge is -2.00. The van der Waals surface area contributed by atoms with E-state index in [0.717, 1.165) is 11.8 Å². The van der Waals surface area contributed by atoms with E-state index in [9.17, 15) is 19.7 Å². The molecule has 6 nitrogen and oxygen atoms in total. The lowest BCUT2D eigenvalue weighted by atomic mass is 10.1. The number of carboxylic acid groups (broad SMARTS) is 1. The number of nitro benzene ring substituents is 1. The Balaban J connectivity index is 3.18. The molecule has 1 rings (SSSR count). The average molecular weight is 279 g/mol. The molecular weight excluding hydrogens is 270 g/mol. The molecule has 1 aromatic carbocycles. The van der Waals surface area contributed by atoms with Gasteiger partial charge in [-0.1, -0.05) is 29.7 Å². The molecule has 0 radical (unpaired) electrons. The molecule has 0 aliphatic rings. The van der Waals surface area contributed by atoms with Gasteiger partial charge >= 0.3 is 5.97 Å². The summed E-state index contributed by atoms with van der Waals surface area (Å²) < 4.78 is 0. The topological polar surface area (TPSA) is 97.5 Å². The zero-order valence-corrected chi connectivity index (χ0v) is 10.7. The highest BCUT2D eigenvalue weighted by Crippen LogP contribution is 2.21. The number of nitrogens with zero attached hydrogens (tertiary/aromatic N) is 1. The van der Waals surface area contributed by atoms with E-state index in [1.165, 1.54) is 25.1 Å². The van der Waals surface area contributed by atoms with Gasteiger partial charge in [-0.05, 0) is 6.07 Å². The standard InChI is InChI=1S/C12H9NO5S/c1-8(14)19-7-3-5-9-10(12(15)16)4-2-6-11(9)13(17)18/h2,4,6H,7H2,1H3,(H,15,16). The summed E-state index contributed by atoms with van der Waals surface area (Å²) in [5.41, 5.74) is -0.737. The number of carbonyl (C=O) groups excluding carboxylic acids is 1. The normalized spacial score (nSPS) is 9.32. The van der Waals surface area contributed by atoms with Gasteiger partial charge in [-0.25, -0.2) is 4.79 Å². The van der Waals surface area contributed by atoms with Crippen LogP contribution in [0.4, 0.5) is 5.69 Å². The van der Waals surface area contributed by atoms with Gasteiger partial charge in [0.1, 0.15) is 5.56 Å². The fraction of sp³-hybridized carbons (Fsp3) is 0.167. The van der Waals surface area contributed by atoms with Crippen LogP contribution in [0.5, 0.6) is 0 Å². The lowest BCUT2D eigenvalue weighted by Crippen LogP contribution is -2.03. The molecule has 0 fully saturated rings. The van der Waals surface area contributed by atoms with Crippen LogP contribution in [0.1, 0.15) is 22.8 Å². The van der Waals surface area contributed by atoms with Crippen molar-refractivity contribution in [2.24, 2.45) is 0 Å². The fourth-order valence-electron chi connectivity index (χ4n) is 1.26. The molecule has 19 heavy (non-hydrogen) atoms. The van der Waals surface area contributed by atoms with Crippen molar-refractivity contribution in [2.45, 2.75) is 6.92 Å². The van der Waals surface area contributed by atoms with E-state index >= 15 is 0 Å². The van der Waals surface area contributed by atoms with Gasteiger partial charge in [0.05, 0.1) is 16.2 Å². The molecule has 98 valence electrons. The second-order valence-corrected chi connectivity index (χ2v) is 4.50. The summed E-state index contributed by atoms with van der Waals surface area (Å²) >= 11 is 0.949. The highest BCUT2D eigenvalue weighted by molar-refractivity contribution is 8.13. The third kappa shape index (κ3) is 4.12. The van der Waals surface area contributed by atoms with E-state index < -0.39 is 10.9 Å². The number of rotatable bonds is 3. The van der Waals surface area contributed by atoms with Gasteiger partial charge in [-0.2, -0.15) is 0 Å². The van der Waals surface area contributed by atoms with Crippen molar-refractivity contribution < 1.29 is 19.6 Å². The minimum atomic E-state index is -1.28. The number of benzene rings is 1. The van der Waals surface area contributed by atoms with Crippen LogP contribution in [-0.4, -0.2) is 26.9 Å². The van der Waals surface area contributed by atoms with E-state index in [1.807, 2.05) is 0 Å². The largest absolute Gasteiger partial charge is 0.478 e. The first-order chi connectivity index (χ1) is 8.93. The Morgan fingerprint density at radius 3 is 2.68 bits per heavy atom. The van der Waals surface area contributed by atoms with E-state index in [2.05, 4.69) is 11.8 Å². The van der Waals surface area contributed by atoms with Crippen molar-refractivity contribution in [3.05, 3.63) is 39.4 Å². The van der Waals surface area contributed by atoms with Crippen molar-refractivity contribution in [1.82, 2.24) is 0 Å². The maximum absolute atomic E-state index is 11.0. The zero-order chi connectivity index (χ0) is 14.4. The molecule has 0 aromatic heterocycles. The summed E-state index contributed by atoms with van der Waals surface area (Å²) in [7, 11) is 0. The Kier molecular flexibility index (Phi) is 5.09. The maximum atomic E-state index is 11.0. The van der Waals surface area contributed by atoms with Crippen molar-refractivity contribution in [3.8, 4) is 11.8 Å². The first kappa shape index (κ1) is 14.7. The Morgan fingerprint density at radius 2 is 2.16 bits per heavy atom. The monoisotopic (exact) mass is 279 g/mol. The SMILES string of the molecule is CC(=O)SCC#Cc1c(C(=O)O)cccc1[N+](=O)[O-]. The third-order valence-corrected chi connectivity index (χ3v) is 2.73. The molecule has 0 saturated heterocycles. The van der Waals surface area contributed by atoms with E-state index in [0.29, 0.717) is 0 Å². The maximum Gasteiger partial charge on any atom is 0.337 e. The minimum Gasteiger partial charge on any atom is -0.478 e. The summed E-state index contributed by atoms with van der Waals surface area (Å²) in [5, 5.41) is 19.7. The van der Waals surface area contributed by atoms with Gasteiger partial charge in [0, 0.05) is 13.0 Å². The molecule has 0 aliphatic carbocycles. The molecular formula is C12H9NO5S. The van der Waals surface area contributed by atoms with Crippen LogP contribution in [0.15, 0.2) is 18.2 Å². The number of carbonyl (C=O) groups is 2. The van der Waals surface area contributed by atoms with Crippen molar-refractivity contribution >= 4 is 28.5 Å². The number of hydrogen-bond acceptors (Lipinski definition) is 5. The predicted molar refractivity (Wildman–Crippen MR) is 70.1 cm³/mol. The molecule has 0 saturated carbocycles. The highest BCUT2D eigenvalue weighted by atomic mass is 32.2. The van der Waals surface area contributed by atoms with Crippen molar-refractivity contribution in [2.75, 3.05) is 5.75 Å². The van der Waals surface area contributed by atoms with Crippen LogP contribution < -0.4 is 0 Å². The van der Waals surface area contributed by atoms with E-state index in [1.54, 1.807) is 0 Å². The molecule has 0 atom stereocenters. The third-order valence-electron chi connectivity index (χ3n) is 2.03. The molecule has 1 N–H and O–H groups in total. The molecule has 0 heterocycles. The second kappa shape index (κ2) is 6.56. The average Bonchev–Trinajstić information content (AvgIpc) is 2.33. The number of nitro groups is 1. The second-order valence-electron chi connectivity index (χ2n) is 3.34. The van der Waals surface area contributed by atoms with Crippen molar-refractivity contribution in [3.63, 3.8) is 0 Å². The molecule has 1 aromatic rings. The zero-order valence-electron chi connectivity index (χ0n) is 9.87. The number of thioether (sulfide) groups is 1. The summed E-state index contributed by atoms with van der Waals surface area (Å²) in [6, 6.07) is 3.73. The van der Waals surface area contributed by atoms with Crippen LogP contribution in [0.3, 0.4) is 0 Å². The molecule has 0 amide bonds. The summed E-state index contributed by atoms with van der Waals surface area (Å²) in [6.07, 6.45) is 0. The smallest absolute Gasteiger partial charge is 0.337 e. The Bertz CT molecular complexity index is 568. The Morgan fingerprint density at radius 1 is 1.47 bits per heavy atom. The van der Waals surface area contributed by atoms with Gasteiger partial charge in [0.2, 0.25) is 0 Å². The minimum absolute atomic E-state index is 0.129. The van der Waals surface area contributed by atoms with Gasteiger partial charge in [0.15, 0.2) is 5.12 Å². The van der Waals surface area contributed by atoms with Crippen LogP contribution in [0.2, 0.25) is 0 Å². The van der Waals surface area contributed by atoms with E-state index in [-0.39, 0.29) is 27.7 Å². The molecule has 0 spiro atoms. The van der Waals surface area contributed by atoms with Crippen LogP contribution in [0.25, 0.3) is 0 Å². The number of hydrogen-bond donors (Lipinski definition) is 1. The first-order valence-corrected chi connectivity index (χ1v) is 6.05. The number of carboxylic acids is 1. The Labute approximate surface area is 113 Å². The molecule has 0 unspecified atom stereocenters. The van der Waals surface area contributed by atoms with Crippen LogP contribution in [-0.2, 0) is 4.79 Å². The quantitative estimate of drug-likeness (QED) is 0.515. The predicted octanol–water partition coefficient (Wildman–Crippen LogP) is 1.92. The van der Waals surface area contributed by atoms with Gasteiger partial charge in [0.25, 0.3) is 5.69 Å². The molecule has 0 aliphatic heterocycles. The Hall–Kier alpha value is -2.33. The van der Waals surface area contributed by atoms with Crippen LogP contribution >= 0.6 is 11.8 Å². The summed E-state index contributed by atoms with van der Waals surface area (Å²) in [4.78, 5) is 31.8. The van der Waals surface area contributed by atoms with Gasteiger partial charge < -0.3 is 5.11 Å². The summed E-state index contributed by atoms with van der Waals surface area (Å²) in [6.45, 7) is 1.37. The van der Waals surface area contributed by atoms with Crippen molar-refractivity contribution in [1.29, 1.82) is 0 Å². The fourth-order valence-corrected chi connectivity index (χ4v) is 1.61. The highest BCUT2D eigenvalue weighted by Gasteiger charge is 2.19. The van der Waals surface area contributed by atoms with Gasteiger partial charge in [-0.3, -0.25) is 14.9 Å².